The van der Waals surface area contributed by atoms with Crippen molar-refractivity contribution >= 4 is 17.2 Å². The summed E-state index contributed by atoms with van der Waals surface area (Å²) in [6.45, 7) is 11.4. The highest BCUT2D eigenvalue weighted by atomic mass is 32.1. The first kappa shape index (κ1) is 16.9. The van der Waals surface area contributed by atoms with Gasteiger partial charge in [0, 0.05) is 37.6 Å². The van der Waals surface area contributed by atoms with Gasteiger partial charge in [0.1, 0.15) is 0 Å². The van der Waals surface area contributed by atoms with Gasteiger partial charge in [-0.25, -0.2) is 0 Å². The molecule has 2 aliphatic rings. The minimum absolute atomic E-state index is 0.218. The molecule has 0 N–H and O–H groups in total. The Hall–Kier alpha value is -0.910. The lowest BCUT2D eigenvalue weighted by atomic mass is 9.95. The van der Waals surface area contributed by atoms with Gasteiger partial charge in [-0.1, -0.05) is 0 Å². The number of likely N-dealkylation sites (tertiary alicyclic amines) is 1. The topological polar surface area (TPSA) is 32.8 Å². The highest BCUT2D eigenvalue weighted by molar-refractivity contribution is 7.13. The number of hydrogen-bond donors (Lipinski definition) is 0. The molecule has 2 aliphatic heterocycles. The number of thiophene rings is 1. The SMILES string of the molecule is Cc1ccc(C(=O)N2CCC(CN3C[C@@H](C)O[C@@H](C)C3)CC2)s1. The van der Waals surface area contributed by atoms with Crippen LogP contribution < -0.4 is 0 Å². The van der Waals surface area contributed by atoms with Crippen molar-refractivity contribution in [1.29, 1.82) is 0 Å². The lowest BCUT2D eigenvalue weighted by molar-refractivity contribution is -0.0728. The molecular weight excluding hydrogens is 308 g/mol. The fourth-order valence-corrected chi connectivity index (χ4v) is 4.66. The quantitative estimate of drug-likeness (QED) is 0.850. The van der Waals surface area contributed by atoms with Crippen LogP contribution in [0.15, 0.2) is 12.1 Å². The number of carbonyl (C=O) groups excluding carboxylic acids is 1. The van der Waals surface area contributed by atoms with Crippen molar-refractivity contribution in [2.75, 3.05) is 32.7 Å². The molecule has 1 aromatic rings. The maximum Gasteiger partial charge on any atom is 0.263 e. The van der Waals surface area contributed by atoms with E-state index in [1.165, 1.54) is 4.88 Å². The third kappa shape index (κ3) is 4.34. The number of ether oxygens (including phenoxy) is 1. The van der Waals surface area contributed by atoms with Gasteiger partial charge >= 0.3 is 0 Å². The van der Waals surface area contributed by atoms with E-state index >= 15 is 0 Å². The number of piperidine rings is 1. The van der Waals surface area contributed by atoms with Crippen LogP contribution in [-0.4, -0.2) is 60.6 Å². The Morgan fingerprint density at radius 3 is 2.43 bits per heavy atom. The molecule has 3 rings (SSSR count). The van der Waals surface area contributed by atoms with E-state index in [0.717, 1.165) is 50.4 Å². The first-order valence-corrected chi connectivity index (χ1v) is 9.56. The average molecular weight is 337 g/mol. The summed E-state index contributed by atoms with van der Waals surface area (Å²) in [4.78, 5) is 19.2. The zero-order chi connectivity index (χ0) is 16.4. The number of nitrogens with zero attached hydrogens (tertiary/aromatic N) is 2. The third-order valence-corrected chi connectivity index (χ3v) is 5.85. The van der Waals surface area contributed by atoms with Crippen LogP contribution in [0.1, 0.15) is 41.2 Å². The summed E-state index contributed by atoms with van der Waals surface area (Å²) >= 11 is 1.61. The van der Waals surface area contributed by atoms with Crippen LogP contribution >= 0.6 is 11.3 Å². The van der Waals surface area contributed by atoms with Gasteiger partial charge in [-0.15, -0.1) is 11.3 Å². The lowest BCUT2D eigenvalue weighted by Gasteiger charge is -2.39. The Kier molecular flexibility index (Phi) is 5.39. The number of amides is 1. The van der Waals surface area contributed by atoms with Crippen molar-refractivity contribution in [3.8, 4) is 0 Å². The highest BCUT2D eigenvalue weighted by Crippen LogP contribution is 2.24. The molecule has 0 bridgehead atoms. The molecule has 2 atom stereocenters. The van der Waals surface area contributed by atoms with Crippen LogP contribution in [0.2, 0.25) is 0 Å². The molecule has 0 unspecified atom stereocenters. The second-order valence-corrected chi connectivity index (χ2v) is 8.41. The molecule has 1 amide bonds. The van der Waals surface area contributed by atoms with E-state index in [2.05, 4.69) is 25.7 Å². The fourth-order valence-electron chi connectivity index (χ4n) is 3.82. The van der Waals surface area contributed by atoms with E-state index in [1.807, 2.05) is 17.0 Å². The first-order valence-electron chi connectivity index (χ1n) is 8.75. The molecule has 128 valence electrons. The second kappa shape index (κ2) is 7.32. The normalized spacial score (nSPS) is 27.3. The van der Waals surface area contributed by atoms with Gasteiger partial charge in [-0.05, 0) is 51.7 Å². The largest absolute Gasteiger partial charge is 0.373 e. The monoisotopic (exact) mass is 336 g/mol. The van der Waals surface area contributed by atoms with Crippen LogP contribution in [0, 0.1) is 12.8 Å². The summed E-state index contributed by atoms with van der Waals surface area (Å²) in [5.41, 5.74) is 0. The molecule has 2 saturated heterocycles. The molecule has 0 saturated carbocycles. The Morgan fingerprint density at radius 2 is 1.87 bits per heavy atom. The number of carbonyl (C=O) groups is 1. The van der Waals surface area contributed by atoms with Crippen molar-refractivity contribution in [3.63, 3.8) is 0 Å². The summed E-state index contributed by atoms with van der Waals surface area (Å²) in [5.74, 6) is 0.928. The predicted molar refractivity (Wildman–Crippen MR) is 94.1 cm³/mol. The fraction of sp³-hybridized carbons (Fsp3) is 0.722. The van der Waals surface area contributed by atoms with Gasteiger partial charge in [0.05, 0.1) is 17.1 Å². The van der Waals surface area contributed by atoms with Crippen molar-refractivity contribution < 1.29 is 9.53 Å². The maximum absolute atomic E-state index is 12.5. The van der Waals surface area contributed by atoms with Gasteiger partial charge in [0.25, 0.3) is 5.91 Å². The number of morpholine rings is 1. The molecule has 4 nitrogen and oxygen atoms in total. The van der Waals surface area contributed by atoms with E-state index in [0.29, 0.717) is 18.1 Å². The maximum atomic E-state index is 12.5. The van der Waals surface area contributed by atoms with Crippen molar-refractivity contribution in [2.45, 2.75) is 45.8 Å². The van der Waals surface area contributed by atoms with Crippen LogP contribution in [0.4, 0.5) is 0 Å². The molecule has 5 heteroatoms. The molecular formula is C18H28N2O2S. The Labute approximate surface area is 143 Å². The van der Waals surface area contributed by atoms with Gasteiger partial charge in [0.2, 0.25) is 0 Å². The number of hydrogen-bond acceptors (Lipinski definition) is 4. The van der Waals surface area contributed by atoms with Gasteiger partial charge in [-0.2, -0.15) is 0 Å². The predicted octanol–water partition coefficient (Wildman–Crippen LogP) is 3.02. The molecule has 0 spiro atoms. The Bertz CT molecular complexity index is 527. The van der Waals surface area contributed by atoms with Crippen molar-refractivity contribution in [3.05, 3.63) is 21.9 Å². The van der Waals surface area contributed by atoms with Crippen LogP contribution in [0.3, 0.4) is 0 Å². The number of rotatable bonds is 3. The average Bonchev–Trinajstić information content (AvgIpc) is 2.93. The second-order valence-electron chi connectivity index (χ2n) is 7.12. The molecule has 1 aromatic heterocycles. The molecule has 0 radical (unpaired) electrons. The van der Waals surface area contributed by atoms with Crippen molar-refractivity contribution in [1.82, 2.24) is 9.80 Å². The molecule has 0 aromatic carbocycles. The standard InChI is InChI=1S/C18H28N2O2S/c1-13-10-19(11-14(2)22-13)12-16-6-8-20(9-7-16)18(21)17-5-4-15(3)23-17/h4-5,13-14,16H,6-12H2,1-3H3/t13-,14+. The molecule has 0 aliphatic carbocycles. The van der Waals surface area contributed by atoms with Crippen LogP contribution in [0.5, 0.6) is 0 Å². The minimum atomic E-state index is 0.218. The molecule has 2 fully saturated rings. The Balaban J connectivity index is 1.47. The zero-order valence-electron chi connectivity index (χ0n) is 14.5. The van der Waals surface area contributed by atoms with E-state index in [1.54, 1.807) is 11.3 Å². The lowest BCUT2D eigenvalue weighted by Crippen LogP contribution is -2.48. The summed E-state index contributed by atoms with van der Waals surface area (Å²) in [7, 11) is 0. The van der Waals surface area contributed by atoms with E-state index < -0.39 is 0 Å². The summed E-state index contributed by atoms with van der Waals surface area (Å²) in [6.07, 6.45) is 2.91. The molecule has 23 heavy (non-hydrogen) atoms. The van der Waals surface area contributed by atoms with E-state index in [-0.39, 0.29) is 5.91 Å². The van der Waals surface area contributed by atoms with Crippen molar-refractivity contribution in [2.24, 2.45) is 5.92 Å². The zero-order valence-corrected chi connectivity index (χ0v) is 15.3. The summed E-state index contributed by atoms with van der Waals surface area (Å²) in [6, 6.07) is 4.00. The first-order chi connectivity index (χ1) is 11.0. The minimum Gasteiger partial charge on any atom is -0.373 e. The van der Waals surface area contributed by atoms with Crippen LogP contribution in [0.25, 0.3) is 0 Å². The van der Waals surface area contributed by atoms with E-state index in [9.17, 15) is 4.79 Å². The highest BCUT2D eigenvalue weighted by Gasteiger charge is 2.28. The van der Waals surface area contributed by atoms with Gasteiger partial charge in [0.15, 0.2) is 0 Å². The molecule has 3 heterocycles. The van der Waals surface area contributed by atoms with Gasteiger partial charge < -0.3 is 9.64 Å². The Morgan fingerprint density at radius 1 is 1.22 bits per heavy atom. The van der Waals surface area contributed by atoms with E-state index in [4.69, 9.17) is 4.74 Å². The summed E-state index contributed by atoms with van der Waals surface area (Å²) < 4.78 is 5.81. The third-order valence-electron chi connectivity index (χ3n) is 4.86. The van der Waals surface area contributed by atoms with Gasteiger partial charge in [-0.3, -0.25) is 9.69 Å². The summed E-state index contributed by atoms with van der Waals surface area (Å²) in [5, 5.41) is 0. The smallest absolute Gasteiger partial charge is 0.263 e. The van der Waals surface area contributed by atoms with Crippen LogP contribution in [-0.2, 0) is 4.74 Å². The number of aryl methyl sites for hydroxylation is 1.